The Balaban J connectivity index is 1.47. The number of hydrogen-bond donors (Lipinski definition) is 1. The lowest BCUT2D eigenvalue weighted by atomic mass is 10.1. The summed E-state index contributed by atoms with van der Waals surface area (Å²) in [6.45, 7) is 1.69. The Morgan fingerprint density at radius 3 is 2.63 bits per heavy atom. The summed E-state index contributed by atoms with van der Waals surface area (Å²) in [6, 6.07) is 17.8. The van der Waals surface area contributed by atoms with Gasteiger partial charge in [-0.2, -0.15) is 0 Å². The predicted molar refractivity (Wildman–Crippen MR) is 135 cm³/mol. The van der Waals surface area contributed by atoms with Crippen molar-refractivity contribution >= 4 is 52.2 Å². The maximum absolute atomic E-state index is 13.2. The normalized spacial score (nSPS) is 14.5. The summed E-state index contributed by atoms with van der Waals surface area (Å²) in [6.07, 6.45) is 1.51. The average molecular weight is 511 g/mol. The molecular weight excluding hydrogens is 491 g/mol. The van der Waals surface area contributed by atoms with E-state index in [1.165, 1.54) is 30.3 Å². The number of imide groups is 1. The number of anilines is 1. The van der Waals surface area contributed by atoms with Crippen LogP contribution >= 0.6 is 23.4 Å². The fraction of sp³-hybridized carbons (Fsp3) is 0.115. The molecule has 4 rings (SSSR count). The SMILES string of the molecule is Cc1cccc(NC(=O)COc2ccc(Cl)cc2/C=C2\SC(=O)N(Cc3ccc(F)cc3)C2=O)c1. The van der Waals surface area contributed by atoms with E-state index in [0.29, 0.717) is 27.6 Å². The topological polar surface area (TPSA) is 75.7 Å². The van der Waals surface area contributed by atoms with Gasteiger partial charge in [0.25, 0.3) is 17.1 Å². The smallest absolute Gasteiger partial charge is 0.293 e. The lowest BCUT2D eigenvalue weighted by molar-refractivity contribution is -0.123. The van der Waals surface area contributed by atoms with Crippen molar-refractivity contribution in [3.63, 3.8) is 0 Å². The number of amides is 3. The number of nitrogens with zero attached hydrogens (tertiary/aromatic N) is 1. The van der Waals surface area contributed by atoms with Gasteiger partial charge < -0.3 is 10.1 Å². The lowest BCUT2D eigenvalue weighted by Crippen LogP contribution is -2.27. The Labute approximate surface area is 210 Å². The zero-order valence-electron chi connectivity index (χ0n) is 18.6. The first-order valence-corrected chi connectivity index (χ1v) is 11.8. The first-order valence-electron chi connectivity index (χ1n) is 10.6. The quantitative estimate of drug-likeness (QED) is 0.392. The van der Waals surface area contributed by atoms with Crippen molar-refractivity contribution in [3.8, 4) is 5.75 Å². The summed E-state index contributed by atoms with van der Waals surface area (Å²) < 4.78 is 18.9. The third-order valence-corrected chi connectivity index (χ3v) is 6.19. The van der Waals surface area contributed by atoms with Gasteiger partial charge in [0.05, 0.1) is 11.4 Å². The van der Waals surface area contributed by atoms with Crippen molar-refractivity contribution in [3.05, 3.63) is 99.2 Å². The molecule has 0 atom stereocenters. The molecule has 0 spiro atoms. The highest BCUT2D eigenvalue weighted by molar-refractivity contribution is 8.18. The summed E-state index contributed by atoms with van der Waals surface area (Å²) in [5.41, 5.74) is 2.75. The Hall–Kier alpha value is -3.62. The van der Waals surface area contributed by atoms with Gasteiger partial charge >= 0.3 is 0 Å². The number of rotatable bonds is 7. The number of hydrogen-bond acceptors (Lipinski definition) is 5. The van der Waals surface area contributed by atoms with Gasteiger partial charge in [0.15, 0.2) is 6.61 Å². The number of thioether (sulfide) groups is 1. The summed E-state index contributed by atoms with van der Waals surface area (Å²) in [4.78, 5) is 39.0. The van der Waals surface area contributed by atoms with Crippen LogP contribution in [0.3, 0.4) is 0 Å². The van der Waals surface area contributed by atoms with Crippen LogP contribution in [0.4, 0.5) is 14.9 Å². The number of aryl methyl sites for hydroxylation is 1. The van der Waals surface area contributed by atoms with Gasteiger partial charge in [0.2, 0.25) is 0 Å². The monoisotopic (exact) mass is 510 g/mol. The van der Waals surface area contributed by atoms with Gasteiger partial charge in [0.1, 0.15) is 11.6 Å². The average Bonchev–Trinajstić information content (AvgIpc) is 3.07. The summed E-state index contributed by atoms with van der Waals surface area (Å²) >= 11 is 6.92. The van der Waals surface area contributed by atoms with E-state index in [1.54, 1.807) is 24.3 Å². The van der Waals surface area contributed by atoms with Crippen molar-refractivity contribution in [2.45, 2.75) is 13.5 Å². The molecule has 0 bridgehead atoms. The van der Waals surface area contributed by atoms with E-state index >= 15 is 0 Å². The molecule has 3 aromatic rings. The van der Waals surface area contributed by atoms with Crippen LogP contribution in [0.1, 0.15) is 16.7 Å². The van der Waals surface area contributed by atoms with E-state index in [1.807, 2.05) is 25.1 Å². The van der Waals surface area contributed by atoms with Crippen molar-refractivity contribution in [2.24, 2.45) is 0 Å². The Morgan fingerprint density at radius 1 is 1.11 bits per heavy atom. The van der Waals surface area contributed by atoms with Gasteiger partial charge in [-0.1, -0.05) is 35.9 Å². The first kappa shape index (κ1) is 24.5. The van der Waals surface area contributed by atoms with Crippen LogP contribution in [0, 0.1) is 12.7 Å². The highest BCUT2D eigenvalue weighted by atomic mass is 35.5. The van der Waals surface area contributed by atoms with Crippen LogP contribution in [0.15, 0.2) is 71.6 Å². The second-order valence-electron chi connectivity index (χ2n) is 7.78. The Morgan fingerprint density at radius 2 is 1.89 bits per heavy atom. The maximum atomic E-state index is 13.2. The summed E-state index contributed by atoms with van der Waals surface area (Å²) in [7, 11) is 0. The second kappa shape index (κ2) is 10.8. The number of carbonyl (C=O) groups excluding carboxylic acids is 3. The van der Waals surface area contributed by atoms with E-state index in [0.717, 1.165) is 22.2 Å². The molecule has 3 amide bonds. The zero-order valence-corrected chi connectivity index (χ0v) is 20.2. The van der Waals surface area contributed by atoms with Crippen LogP contribution in [-0.4, -0.2) is 28.6 Å². The molecule has 1 saturated heterocycles. The molecule has 0 unspecified atom stereocenters. The third kappa shape index (κ3) is 6.29. The molecule has 6 nitrogen and oxygen atoms in total. The number of benzene rings is 3. The highest BCUT2D eigenvalue weighted by Gasteiger charge is 2.35. The minimum absolute atomic E-state index is 0.0281. The molecule has 0 aromatic heterocycles. The van der Waals surface area contributed by atoms with Crippen molar-refractivity contribution in [2.75, 3.05) is 11.9 Å². The lowest BCUT2D eigenvalue weighted by Gasteiger charge is -2.12. The molecular formula is C26H20ClFN2O4S. The molecule has 178 valence electrons. The minimum atomic E-state index is -0.479. The first-order chi connectivity index (χ1) is 16.8. The molecule has 35 heavy (non-hydrogen) atoms. The molecule has 1 heterocycles. The van der Waals surface area contributed by atoms with Gasteiger partial charge in [-0.15, -0.1) is 0 Å². The van der Waals surface area contributed by atoms with Crippen LogP contribution in [0.25, 0.3) is 6.08 Å². The second-order valence-corrected chi connectivity index (χ2v) is 9.21. The zero-order chi connectivity index (χ0) is 24.9. The van der Waals surface area contributed by atoms with Gasteiger partial charge in [0, 0.05) is 16.3 Å². The maximum Gasteiger partial charge on any atom is 0.293 e. The third-order valence-electron chi connectivity index (χ3n) is 5.05. The van der Waals surface area contributed by atoms with Crippen molar-refractivity contribution in [1.82, 2.24) is 4.90 Å². The van der Waals surface area contributed by atoms with Crippen LogP contribution in [-0.2, 0) is 16.1 Å². The van der Waals surface area contributed by atoms with Crippen LogP contribution in [0.5, 0.6) is 5.75 Å². The van der Waals surface area contributed by atoms with Crippen molar-refractivity contribution < 1.29 is 23.5 Å². The number of halogens is 2. The van der Waals surface area contributed by atoms with E-state index in [4.69, 9.17) is 16.3 Å². The largest absolute Gasteiger partial charge is 0.483 e. The molecule has 1 fully saturated rings. The van der Waals surface area contributed by atoms with Gasteiger partial charge in [-0.05, 0) is 78.4 Å². The van der Waals surface area contributed by atoms with E-state index < -0.39 is 17.0 Å². The number of ether oxygens (including phenoxy) is 1. The van der Waals surface area contributed by atoms with Crippen LogP contribution in [0.2, 0.25) is 5.02 Å². The summed E-state index contributed by atoms with van der Waals surface area (Å²) in [5, 5.41) is 2.73. The molecule has 9 heteroatoms. The molecule has 3 aromatic carbocycles. The standard InChI is InChI=1S/C26H20ClFN2O4S/c1-16-3-2-4-21(11-16)29-24(31)15-34-22-10-7-19(27)12-18(22)13-23-25(32)30(26(33)35-23)14-17-5-8-20(28)9-6-17/h2-13H,14-15H2,1H3,(H,29,31)/b23-13-. The van der Waals surface area contributed by atoms with E-state index in [9.17, 15) is 18.8 Å². The fourth-order valence-corrected chi connectivity index (χ4v) is 4.39. The highest BCUT2D eigenvalue weighted by Crippen LogP contribution is 2.35. The van der Waals surface area contributed by atoms with E-state index in [-0.39, 0.29) is 24.0 Å². The molecule has 0 saturated carbocycles. The molecule has 0 radical (unpaired) electrons. The molecule has 1 N–H and O–H groups in total. The molecule has 1 aliphatic rings. The van der Waals surface area contributed by atoms with Gasteiger partial charge in [-0.3, -0.25) is 19.3 Å². The van der Waals surface area contributed by atoms with E-state index in [2.05, 4.69) is 5.32 Å². The molecule has 1 aliphatic heterocycles. The number of nitrogens with one attached hydrogen (secondary N) is 1. The Kier molecular flexibility index (Phi) is 7.53. The van der Waals surface area contributed by atoms with Gasteiger partial charge in [-0.25, -0.2) is 4.39 Å². The summed E-state index contributed by atoms with van der Waals surface area (Å²) in [5.74, 6) is -0.897. The van der Waals surface area contributed by atoms with Crippen LogP contribution < -0.4 is 10.1 Å². The predicted octanol–water partition coefficient (Wildman–Crippen LogP) is 6.04. The number of carbonyl (C=O) groups is 3. The van der Waals surface area contributed by atoms with Crippen molar-refractivity contribution in [1.29, 1.82) is 0 Å². The Bertz CT molecular complexity index is 1330. The molecule has 0 aliphatic carbocycles. The fourth-order valence-electron chi connectivity index (χ4n) is 3.38. The minimum Gasteiger partial charge on any atom is -0.483 e.